The van der Waals surface area contributed by atoms with Crippen LogP contribution >= 0.6 is 0 Å². The number of amides is 2. The van der Waals surface area contributed by atoms with Crippen LogP contribution in [0.1, 0.15) is 39.2 Å². The van der Waals surface area contributed by atoms with Gasteiger partial charge in [-0.25, -0.2) is 19.0 Å². The molecule has 4 rings (SSSR count). The third-order valence-electron chi connectivity index (χ3n) is 6.59. The van der Waals surface area contributed by atoms with E-state index in [-0.39, 0.29) is 30.5 Å². The van der Waals surface area contributed by atoms with Crippen LogP contribution in [0.5, 0.6) is 5.75 Å². The fraction of sp³-hybridized carbons (Fsp3) is 0.536. The van der Waals surface area contributed by atoms with Crippen LogP contribution in [-0.2, 0) is 16.1 Å². The zero-order valence-corrected chi connectivity index (χ0v) is 22.4. The summed E-state index contributed by atoms with van der Waals surface area (Å²) in [6, 6.07) is 10.9. The Morgan fingerprint density at radius 1 is 0.974 bits per heavy atom. The van der Waals surface area contributed by atoms with Crippen molar-refractivity contribution in [3.8, 4) is 5.75 Å². The molecular weight excluding hydrogens is 491 g/mol. The first-order chi connectivity index (χ1) is 18.2. The van der Waals surface area contributed by atoms with Crippen molar-refractivity contribution in [2.24, 2.45) is 5.92 Å². The number of pyridine rings is 1. The van der Waals surface area contributed by atoms with Crippen LogP contribution in [0, 0.1) is 11.7 Å². The molecule has 1 aromatic heterocycles. The highest BCUT2D eigenvalue weighted by Crippen LogP contribution is 2.25. The standard InChI is InChI=1S/C28H37FN4O5/c1-28(2,3)38-27(35)32-11-9-22(10-12-32)19-36-23-17-24(29)25(30-18-23)31-13-15-33(16-14-31)26(34)37-20-21-7-5-4-6-8-21/h4-8,17-18,22H,9-16,19-20H2,1-3H3. The molecule has 2 fully saturated rings. The highest BCUT2D eigenvalue weighted by molar-refractivity contribution is 5.68. The van der Waals surface area contributed by atoms with Gasteiger partial charge in [-0.2, -0.15) is 0 Å². The van der Waals surface area contributed by atoms with Gasteiger partial charge in [-0.1, -0.05) is 30.3 Å². The fourth-order valence-corrected chi connectivity index (χ4v) is 4.46. The number of ether oxygens (including phenoxy) is 3. The fourth-order valence-electron chi connectivity index (χ4n) is 4.46. The number of benzene rings is 1. The number of carbonyl (C=O) groups is 2. The van der Waals surface area contributed by atoms with Gasteiger partial charge >= 0.3 is 12.2 Å². The zero-order chi connectivity index (χ0) is 27.1. The molecule has 0 aliphatic carbocycles. The van der Waals surface area contributed by atoms with Gasteiger partial charge in [-0.3, -0.25) is 0 Å². The van der Waals surface area contributed by atoms with E-state index in [9.17, 15) is 14.0 Å². The zero-order valence-electron chi connectivity index (χ0n) is 22.4. The van der Waals surface area contributed by atoms with Crippen LogP contribution in [0.15, 0.2) is 42.6 Å². The van der Waals surface area contributed by atoms with Crippen molar-refractivity contribution < 1.29 is 28.2 Å². The number of halogens is 1. The summed E-state index contributed by atoms with van der Waals surface area (Å²) in [5, 5.41) is 0. The van der Waals surface area contributed by atoms with E-state index in [0.29, 0.717) is 51.6 Å². The maximum Gasteiger partial charge on any atom is 0.410 e. The van der Waals surface area contributed by atoms with E-state index in [4.69, 9.17) is 14.2 Å². The van der Waals surface area contributed by atoms with Gasteiger partial charge in [0.05, 0.1) is 12.8 Å². The van der Waals surface area contributed by atoms with Crippen molar-refractivity contribution in [2.45, 2.75) is 45.8 Å². The van der Waals surface area contributed by atoms with E-state index in [2.05, 4.69) is 4.98 Å². The van der Waals surface area contributed by atoms with Crippen molar-refractivity contribution in [1.29, 1.82) is 0 Å². The lowest BCUT2D eigenvalue weighted by atomic mass is 9.98. The average Bonchev–Trinajstić information content (AvgIpc) is 2.91. The van der Waals surface area contributed by atoms with E-state index in [1.54, 1.807) is 9.80 Å². The molecule has 0 spiro atoms. The monoisotopic (exact) mass is 528 g/mol. The number of piperazine rings is 1. The molecule has 206 valence electrons. The third-order valence-corrected chi connectivity index (χ3v) is 6.59. The Morgan fingerprint density at radius 3 is 2.26 bits per heavy atom. The minimum Gasteiger partial charge on any atom is -0.492 e. The molecule has 0 bridgehead atoms. The molecule has 38 heavy (non-hydrogen) atoms. The molecule has 2 aliphatic rings. The van der Waals surface area contributed by atoms with Crippen LogP contribution in [0.2, 0.25) is 0 Å². The van der Waals surface area contributed by atoms with Gasteiger partial charge in [0.25, 0.3) is 0 Å². The van der Waals surface area contributed by atoms with Gasteiger partial charge in [0.1, 0.15) is 18.0 Å². The quantitative estimate of drug-likeness (QED) is 0.537. The molecule has 0 unspecified atom stereocenters. The van der Waals surface area contributed by atoms with Crippen molar-refractivity contribution in [1.82, 2.24) is 14.8 Å². The van der Waals surface area contributed by atoms with Crippen molar-refractivity contribution in [2.75, 3.05) is 50.8 Å². The summed E-state index contributed by atoms with van der Waals surface area (Å²) in [5.74, 6) is 0.442. The van der Waals surface area contributed by atoms with Crippen LogP contribution in [0.3, 0.4) is 0 Å². The first-order valence-corrected chi connectivity index (χ1v) is 13.1. The molecular formula is C28H37FN4O5. The summed E-state index contributed by atoms with van der Waals surface area (Å²) in [4.78, 5) is 34.1. The molecule has 0 atom stereocenters. The number of hydrogen-bond acceptors (Lipinski definition) is 7. The Morgan fingerprint density at radius 2 is 1.63 bits per heavy atom. The molecule has 1 aromatic carbocycles. The second-order valence-corrected chi connectivity index (χ2v) is 10.7. The molecule has 2 saturated heterocycles. The van der Waals surface area contributed by atoms with E-state index in [1.807, 2.05) is 56.0 Å². The van der Waals surface area contributed by atoms with Gasteiger partial charge in [0, 0.05) is 45.3 Å². The average molecular weight is 529 g/mol. The number of likely N-dealkylation sites (tertiary alicyclic amines) is 1. The molecule has 0 N–H and O–H groups in total. The maximum atomic E-state index is 14.9. The van der Waals surface area contributed by atoms with Crippen LogP contribution in [0.25, 0.3) is 0 Å². The third kappa shape index (κ3) is 7.72. The van der Waals surface area contributed by atoms with E-state index < -0.39 is 11.4 Å². The highest BCUT2D eigenvalue weighted by Gasteiger charge is 2.28. The second-order valence-electron chi connectivity index (χ2n) is 10.7. The Labute approximate surface area is 223 Å². The minimum absolute atomic E-state index is 0.223. The van der Waals surface area contributed by atoms with Gasteiger partial charge in [-0.05, 0) is 45.1 Å². The lowest BCUT2D eigenvalue weighted by molar-refractivity contribution is 0.0164. The summed E-state index contributed by atoms with van der Waals surface area (Å²) in [6.07, 6.45) is 2.47. The van der Waals surface area contributed by atoms with Crippen LogP contribution in [-0.4, -0.2) is 78.4 Å². The number of anilines is 1. The Kier molecular flexibility index (Phi) is 8.91. The van der Waals surface area contributed by atoms with E-state index in [0.717, 1.165) is 18.4 Å². The molecule has 9 nitrogen and oxygen atoms in total. The lowest BCUT2D eigenvalue weighted by Crippen LogP contribution is -2.49. The molecule has 0 saturated carbocycles. The normalized spacial score (nSPS) is 16.8. The summed E-state index contributed by atoms with van der Waals surface area (Å²) < 4.78 is 31.6. The van der Waals surface area contributed by atoms with Crippen molar-refractivity contribution in [3.05, 3.63) is 54.0 Å². The summed E-state index contributed by atoms with van der Waals surface area (Å²) in [5.41, 5.74) is 0.418. The summed E-state index contributed by atoms with van der Waals surface area (Å²) in [7, 11) is 0. The van der Waals surface area contributed by atoms with Gasteiger partial charge in [0.15, 0.2) is 11.6 Å². The summed E-state index contributed by atoms with van der Waals surface area (Å²) in [6.45, 7) is 9.22. The molecule has 2 aliphatic heterocycles. The van der Waals surface area contributed by atoms with Gasteiger partial charge in [-0.15, -0.1) is 0 Å². The first-order valence-electron chi connectivity index (χ1n) is 13.1. The maximum absolute atomic E-state index is 14.9. The molecule has 2 amide bonds. The lowest BCUT2D eigenvalue weighted by Gasteiger charge is -2.35. The highest BCUT2D eigenvalue weighted by atomic mass is 19.1. The largest absolute Gasteiger partial charge is 0.492 e. The second kappa shape index (κ2) is 12.3. The number of rotatable bonds is 6. The van der Waals surface area contributed by atoms with Crippen molar-refractivity contribution in [3.63, 3.8) is 0 Å². The number of piperidine rings is 1. The Balaban J connectivity index is 1.19. The first kappa shape index (κ1) is 27.5. The summed E-state index contributed by atoms with van der Waals surface area (Å²) >= 11 is 0. The predicted octanol–water partition coefficient (Wildman–Crippen LogP) is 4.71. The topological polar surface area (TPSA) is 84.4 Å². The van der Waals surface area contributed by atoms with Crippen LogP contribution < -0.4 is 9.64 Å². The SMILES string of the molecule is CC(C)(C)OC(=O)N1CCC(COc2cnc(N3CCN(C(=O)OCc4ccccc4)CC3)c(F)c2)CC1. The minimum atomic E-state index is -0.512. The number of hydrogen-bond donors (Lipinski definition) is 0. The number of aromatic nitrogens is 1. The number of nitrogens with zero attached hydrogens (tertiary/aromatic N) is 4. The van der Waals surface area contributed by atoms with E-state index in [1.165, 1.54) is 12.3 Å². The Bertz CT molecular complexity index is 1080. The predicted molar refractivity (Wildman–Crippen MR) is 141 cm³/mol. The van der Waals surface area contributed by atoms with Gasteiger partial charge < -0.3 is 28.9 Å². The molecule has 2 aromatic rings. The van der Waals surface area contributed by atoms with Crippen LogP contribution in [0.4, 0.5) is 19.8 Å². The smallest absolute Gasteiger partial charge is 0.410 e. The van der Waals surface area contributed by atoms with Gasteiger partial charge in [0.2, 0.25) is 0 Å². The number of carbonyl (C=O) groups excluding carboxylic acids is 2. The molecule has 10 heteroatoms. The van der Waals surface area contributed by atoms with E-state index >= 15 is 0 Å². The molecule has 3 heterocycles. The molecule has 0 radical (unpaired) electrons. The van der Waals surface area contributed by atoms with Crippen molar-refractivity contribution >= 4 is 18.0 Å². The Hall–Kier alpha value is -3.56.